The van der Waals surface area contributed by atoms with E-state index in [1.54, 1.807) is 4.90 Å². The van der Waals surface area contributed by atoms with E-state index in [1.165, 1.54) is 0 Å². The van der Waals surface area contributed by atoms with Crippen LogP contribution in [0, 0.1) is 5.92 Å². The van der Waals surface area contributed by atoms with Crippen LogP contribution in [0.4, 0.5) is 0 Å². The summed E-state index contributed by atoms with van der Waals surface area (Å²) in [5, 5.41) is 0. The number of ether oxygens (including phenoxy) is 2. The number of benzene rings is 3. The SMILES string of the molecule is CC(C)(C)OC(=O)C(N=C(c1ccccc1)c1ccccc1)[C@@H]1C[C@H]2CO[C@H](c3ccccc3)N2C1=O. The molecule has 3 aromatic carbocycles. The minimum absolute atomic E-state index is 0.111. The third-order valence-corrected chi connectivity index (χ3v) is 6.67. The lowest BCUT2D eigenvalue weighted by atomic mass is 9.94. The number of aliphatic imine (C=N–C) groups is 1. The standard InChI is InChI=1S/C31H32N2O4/c1-31(2,3)37-30(35)27(32-26(21-13-7-4-8-14-21)22-15-9-5-10-16-22)25-19-24-20-36-29(33(24)28(25)34)23-17-11-6-12-18-23/h4-18,24-25,27,29H,19-20H2,1-3H3/t24-,25-,27?,29+/m0/s1. The van der Waals surface area contributed by atoms with Crippen molar-refractivity contribution in [1.82, 2.24) is 4.90 Å². The Bertz CT molecular complexity index is 1230. The molecule has 2 aliphatic rings. The van der Waals surface area contributed by atoms with Crippen molar-refractivity contribution >= 4 is 17.6 Å². The monoisotopic (exact) mass is 496 g/mol. The lowest BCUT2D eigenvalue weighted by Gasteiger charge is -2.27. The van der Waals surface area contributed by atoms with E-state index >= 15 is 0 Å². The van der Waals surface area contributed by atoms with E-state index in [0.29, 0.717) is 18.7 Å². The average Bonchev–Trinajstić information content (AvgIpc) is 3.45. The van der Waals surface area contributed by atoms with Crippen LogP contribution in [-0.4, -0.2) is 46.8 Å². The molecule has 2 heterocycles. The first-order valence-corrected chi connectivity index (χ1v) is 12.7. The molecule has 2 aliphatic heterocycles. The van der Waals surface area contributed by atoms with Crippen LogP contribution in [0.1, 0.15) is 50.1 Å². The van der Waals surface area contributed by atoms with Crippen LogP contribution in [0.2, 0.25) is 0 Å². The lowest BCUT2D eigenvalue weighted by molar-refractivity contribution is -0.160. The maximum absolute atomic E-state index is 13.9. The second-order valence-corrected chi connectivity index (χ2v) is 10.5. The summed E-state index contributed by atoms with van der Waals surface area (Å²) in [6.07, 6.45) is 0.0154. The van der Waals surface area contributed by atoms with E-state index in [4.69, 9.17) is 14.5 Å². The van der Waals surface area contributed by atoms with E-state index in [1.807, 2.05) is 112 Å². The highest BCUT2D eigenvalue weighted by Crippen LogP contribution is 2.41. The Morgan fingerprint density at radius 2 is 1.46 bits per heavy atom. The zero-order chi connectivity index (χ0) is 26.0. The number of rotatable bonds is 6. The fourth-order valence-corrected chi connectivity index (χ4v) is 5.07. The number of esters is 1. The smallest absolute Gasteiger partial charge is 0.332 e. The molecule has 0 radical (unpaired) electrons. The predicted octanol–water partition coefficient (Wildman–Crippen LogP) is 5.18. The third kappa shape index (κ3) is 5.35. The maximum atomic E-state index is 13.9. The molecule has 0 aromatic heterocycles. The summed E-state index contributed by atoms with van der Waals surface area (Å²) in [4.78, 5) is 34.3. The Labute approximate surface area is 217 Å². The Hall–Kier alpha value is -3.77. The average molecular weight is 497 g/mol. The van der Waals surface area contributed by atoms with Gasteiger partial charge in [-0.1, -0.05) is 91.0 Å². The molecule has 1 amide bonds. The molecule has 0 spiro atoms. The van der Waals surface area contributed by atoms with E-state index in [9.17, 15) is 9.59 Å². The van der Waals surface area contributed by atoms with Gasteiger partial charge in [-0.2, -0.15) is 0 Å². The molecule has 0 saturated carbocycles. The van der Waals surface area contributed by atoms with E-state index in [2.05, 4.69) is 0 Å². The van der Waals surface area contributed by atoms with E-state index < -0.39 is 29.8 Å². The minimum atomic E-state index is -0.982. The third-order valence-electron chi connectivity index (χ3n) is 6.67. The zero-order valence-electron chi connectivity index (χ0n) is 21.4. The van der Waals surface area contributed by atoms with Crippen LogP contribution in [-0.2, 0) is 19.1 Å². The molecule has 37 heavy (non-hydrogen) atoms. The van der Waals surface area contributed by atoms with Gasteiger partial charge in [-0.15, -0.1) is 0 Å². The van der Waals surface area contributed by atoms with Crippen molar-refractivity contribution in [2.24, 2.45) is 10.9 Å². The van der Waals surface area contributed by atoms with Gasteiger partial charge in [0.05, 0.1) is 24.3 Å². The van der Waals surface area contributed by atoms with Crippen molar-refractivity contribution in [1.29, 1.82) is 0 Å². The van der Waals surface area contributed by atoms with Crippen molar-refractivity contribution in [2.45, 2.75) is 51.1 Å². The van der Waals surface area contributed by atoms with Gasteiger partial charge in [-0.25, -0.2) is 4.79 Å². The molecular weight excluding hydrogens is 464 g/mol. The van der Waals surface area contributed by atoms with Crippen molar-refractivity contribution in [3.8, 4) is 0 Å². The molecule has 2 fully saturated rings. The molecule has 0 bridgehead atoms. The van der Waals surface area contributed by atoms with E-state index in [0.717, 1.165) is 16.7 Å². The summed E-state index contributed by atoms with van der Waals surface area (Å²) in [7, 11) is 0. The predicted molar refractivity (Wildman–Crippen MR) is 142 cm³/mol. The van der Waals surface area contributed by atoms with Crippen molar-refractivity contribution in [3.05, 3.63) is 108 Å². The Morgan fingerprint density at radius 1 is 0.919 bits per heavy atom. The molecule has 190 valence electrons. The second kappa shape index (κ2) is 10.3. The number of fused-ring (bicyclic) bond motifs is 1. The lowest BCUT2D eigenvalue weighted by Crippen LogP contribution is -2.40. The Kier molecular flexibility index (Phi) is 6.94. The molecule has 3 aromatic rings. The van der Waals surface area contributed by atoms with Gasteiger partial charge < -0.3 is 14.4 Å². The highest BCUT2D eigenvalue weighted by Gasteiger charge is 2.52. The first-order chi connectivity index (χ1) is 17.8. The first-order valence-electron chi connectivity index (χ1n) is 12.7. The molecule has 0 aliphatic carbocycles. The van der Waals surface area contributed by atoms with Crippen LogP contribution >= 0.6 is 0 Å². The quantitative estimate of drug-likeness (QED) is 0.348. The highest BCUT2D eigenvalue weighted by atomic mass is 16.6. The Morgan fingerprint density at radius 3 is 2.00 bits per heavy atom. The van der Waals surface area contributed by atoms with Gasteiger partial charge in [-0.05, 0) is 27.2 Å². The molecule has 4 atom stereocenters. The summed E-state index contributed by atoms with van der Waals surface area (Å²) in [5.41, 5.74) is 2.62. The van der Waals surface area contributed by atoms with Crippen molar-refractivity contribution in [2.75, 3.05) is 6.61 Å². The van der Waals surface area contributed by atoms with Crippen LogP contribution < -0.4 is 0 Å². The van der Waals surface area contributed by atoms with Crippen molar-refractivity contribution < 1.29 is 19.1 Å². The molecule has 2 saturated heterocycles. The normalized spacial score (nSPS) is 21.9. The first kappa shape index (κ1) is 24.9. The highest BCUT2D eigenvalue weighted by molar-refractivity contribution is 6.13. The fraction of sp³-hybridized carbons (Fsp3) is 0.323. The number of hydrogen-bond donors (Lipinski definition) is 0. The van der Waals surface area contributed by atoms with Gasteiger partial charge in [0.15, 0.2) is 12.3 Å². The summed E-state index contributed by atoms with van der Waals surface area (Å²) in [6, 6.07) is 28.1. The molecular formula is C31H32N2O4. The number of nitrogens with zero attached hydrogens (tertiary/aromatic N) is 2. The van der Waals surface area contributed by atoms with Crippen LogP contribution in [0.3, 0.4) is 0 Å². The van der Waals surface area contributed by atoms with Gasteiger partial charge in [0.1, 0.15) is 5.60 Å². The van der Waals surface area contributed by atoms with Crippen molar-refractivity contribution in [3.63, 3.8) is 0 Å². The van der Waals surface area contributed by atoms with Crippen LogP contribution in [0.5, 0.6) is 0 Å². The summed E-state index contributed by atoms with van der Waals surface area (Å²) < 4.78 is 11.8. The topological polar surface area (TPSA) is 68.2 Å². The van der Waals surface area contributed by atoms with Gasteiger partial charge in [0.25, 0.3) is 0 Å². The van der Waals surface area contributed by atoms with Crippen LogP contribution in [0.15, 0.2) is 96.0 Å². The maximum Gasteiger partial charge on any atom is 0.332 e. The fourth-order valence-electron chi connectivity index (χ4n) is 5.07. The molecule has 1 unspecified atom stereocenters. The summed E-state index contributed by atoms with van der Waals surface area (Å²) >= 11 is 0. The molecule has 0 N–H and O–H groups in total. The number of carbonyl (C=O) groups is 2. The summed E-state index contributed by atoms with van der Waals surface area (Å²) in [6.45, 7) is 5.91. The molecule has 5 rings (SSSR count). The van der Waals surface area contributed by atoms with Gasteiger partial charge in [0.2, 0.25) is 5.91 Å². The second-order valence-electron chi connectivity index (χ2n) is 10.5. The van der Waals surface area contributed by atoms with Gasteiger partial charge in [0, 0.05) is 16.7 Å². The summed E-state index contributed by atoms with van der Waals surface area (Å²) in [5.74, 6) is -1.26. The Balaban J connectivity index is 1.55. The van der Waals surface area contributed by atoms with Gasteiger partial charge >= 0.3 is 5.97 Å². The minimum Gasteiger partial charge on any atom is -0.458 e. The van der Waals surface area contributed by atoms with E-state index in [-0.39, 0.29) is 11.9 Å². The largest absolute Gasteiger partial charge is 0.458 e. The number of carbonyl (C=O) groups excluding carboxylic acids is 2. The zero-order valence-corrected chi connectivity index (χ0v) is 21.4. The number of amides is 1. The van der Waals surface area contributed by atoms with Gasteiger partial charge in [-0.3, -0.25) is 9.79 Å². The molecule has 6 heteroatoms. The van der Waals surface area contributed by atoms with Crippen LogP contribution in [0.25, 0.3) is 0 Å². The molecule has 6 nitrogen and oxygen atoms in total. The number of hydrogen-bond acceptors (Lipinski definition) is 5.